The predicted octanol–water partition coefficient (Wildman–Crippen LogP) is -0.231. The number of rotatable bonds is 4. The normalized spacial score (nSPS) is 8.20. The summed E-state index contributed by atoms with van der Waals surface area (Å²) < 4.78 is 0.478. The molecule has 0 amide bonds. The summed E-state index contributed by atoms with van der Waals surface area (Å²) in [5.41, 5.74) is 0. The van der Waals surface area contributed by atoms with Gasteiger partial charge in [-0.1, -0.05) is 38.4 Å². The van der Waals surface area contributed by atoms with E-state index >= 15 is 0 Å². The third-order valence-electron chi connectivity index (χ3n) is 1.01. The van der Waals surface area contributed by atoms with Crippen molar-refractivity contribution in [3.05, 3.63) is 5.32 Å². The molecule has 0 radical (unpaired) electrons. The van der Waals surface area contributed by atoms with Gasteiger partial charge in [-0.25, -0.2) is 0 Å². The topological polar surface area (TPSA) is 14.1 Å². The van der Waals surface area contributed by atoms with Crippen LogP contribution in [0, 0.1) is 0 Å². The van der Waals surface area contributed by atoms with Crippen molar-refractivity contribution < 1.29 is 51.4 Å². The molecule has 0 bridgehead atoms. The zero-order valence-electron chi connectivity index (χ0n) is 6.63. The largest absolute Gasteiger partial charge is 1.00 e. The number of nitrogens with zero attached hydrogens (tertiary/aromatic N) is 1. The quantitative estimate of drug-likeness (QED) is 0.287. The maximum Gasteiger partial charge on any atom is 1.00 e. The van der Waals surface area contributed by atoms with Gasteiger partial charge in [0, 0.05) is 0 Å². The number of thiocarbonyl (C=S) groups is 1. The van der Waals surface area contributed by atoms with Crippen LogP contribution < -0.4 is 51.4 Å². The molecule has 0 aliphatic heterocycles. The number of thiol groups is 1. The third-order valence-corrected chi connectivity index (χ3v) is 1.28. The maximum atomic E-state index is 4.64. The van der Waals surface area contributed by atoms with E-state index in [1.165, 1.54) is 12.8 Å². The molecular formula is C6H12KNS2. The molecule has 0 rings (SSSR count). The molecule has 54 valence electrons. The zero-order valence-corrected chi connectivity index (χ0v) is 11.5. The van der Waals surface area contributed by atoms with Crippen LogP contribution in [0.1, 0.15) is 26.2 Å². The first-order valence-corrected chi connectivity index (χ1v) is 4.03. The molecule has 0 saturated carbocycles. The van der Waals surface area contributed by atoms with E-state index in [4.69, 9.17) is 0 Å². The van der Waals surface area contributed by atoms with E-state index in [1.807, 2.05) is 0 Å². The van der Waals surface area contributed by atoms with Crippen LogP contribution in [0.25, 0.3) is 5.32 Å². The Bertz CT molecular complexity index is 87.8. The van der Waals surface area contributed by atoms with Crippen LogP contribution in [-0.4, -0.2) is 10.9 Å². The van der Waals surface area contributed by atoms with E-state index < -0.39 is 0 Å². The van der Waals surface area contributed by atoms with Crippen molar-refractivity contribution in [1.29, 1.82) is 0 Å². The summed E-state index contributed by atoms with van der Waals surface area (Å²) in [6.45, 7) is 3.01. The molecule has 0 aliphatic rings. The average molecular weight is 201 g/mol. The second kappa shape index (κ2) is 10.9. The van der Waals surface area contributed by atoms with Crippen molar-refractivity contribution in [1.82, 2.24) is 0 Å². The Balaban J connectivity index is 0. The standard InChI is InChI=1S/C6H13NS2.K/c1-2-3-4-5-7-6(8)9;/h2-5H2,1H3,(H2,7,8,9);/q;+1/p-1. The average Bonchev–Trinajstić information content (AvgIpc) is 1.80. The van der Waals surface area contributed by atoms with Crippen LogP contribution in [-0.2, 0) is 0 Å². The van der Waals surface area contributed by atoms with Gasteiger partial charge in [0.25, 0.3) is 0 Å². The van der Waals surface area contributed by atoms with Crippen molar-refractivity contribution in [2.24, 2.45) is 0 Å². The van der Waals surface area contributed by atoms with Gasteiger partial charge in [-0.15, -0.1) is 6.54 Å². The minimum atomic E-state index is 0. The second-order valence-corrected chi connectivity index (χ2v) is 2.98. The molecule has 0 aromatic heterocycles. The van der Waals surface area contributed by atoms with E-state index in [1.54, 1.807) is 0 Å². The molecular weight excluding hydrogens is 189 g/mol. The summed E-state index contributed by atoms with van der Waals surface area (Å²) in [4.78, 5) is 0. The van der Waals surface area contributed by atoms with Gasteiger partial charge in [0.1, 0.15) is 0 Å². The van der Waals surface area contributed by atoms with Gasteiger partial charge in [-0.3, -0.25) is 0 Å². The Labute approximate surface area is 117 Å². The summed E-state index contributed by atoms with van der Waals surface area (Å²) in [5, 5.41) is 3.96. The van der Waals surface area contributed by atoms with Gasteiger partial charge >= 0.3 is 51.4 Å². The number of hydrogen-bond donors (Lipinski definition) is 1. The summed E-state index contributed by atoms with van der Waals surface area (Å²) in [6.07, 6.45) is 3.60. The minimum absolute atomic E-state index is 0. The summed E-state index contributed by atoms with van der Waals surface area (Å²) in [7, 11) is 0. The molecule has 0 N–H and O–H groups in total. The van der Waals surface area contributed by atoms with Gasteiger partial charge in [-0.05, 0) is 4.32 Å². The Morgan fingerprint density at radius 1 is 1.50 bits per heavy atom. The fraction of sp³-hybridized carbons (Fsp3) is 0.833. The SMILES string of the molecule is CCCCC[N-]C(=S)S.[K+]. The van der Waals surface area contributed by atoms with Crippen LogP contribution in [0.15, 0.2) is 0 Å². The first kappa shape index (κ1) is 14.4. The molecule has 0 aromatic carbocycles. The van der Waals surface area contributed by atoms with Crippen molar-refractivity contribution in [2.45, 2.75) is 26.2 Å². The Hall–Kier alpha value is 1.88. The first-order chi connectivity index (χ1) is 4.27. The molecule has 1 nitrogen and oxygen atoms in total. The molecule has 0 spiro atoms. The molecule has 0 atom stereocenters. The third kappa shape index (κ3) is 12.5. The van der Waals surface area contributed by atoms with Crippen molar-refractivity contribution in [3.8, 4) is 0 Å². The molecule has 0 saturated heterocycles. The fourth-order valence-electron chi connectivity index (χ4n) is 0.537. The second-order valence-electron chi connectivity index (χ2n) is 1.87. The zero-order chi connectivity index (χ0) is 7.11. The Kier molecular flexibility index (Phi) is 15.7. The van der Waals surface area contributed by atoms with E-state index in [0.717, 1.165) is 13.0 Å². The van der Waals surface area contributed by atoms with Gasteiger partial charge in [0.05, 0.1) is 0 Å². The molecule has 10 heavy (non-hydrogen) atoms. The maximum absolute atomic E-state index is 4.64. The van der Waals surface area contributed by atoms with Gasteiger partial charge in [0.2, 0.25) is 0 Å². The molecule has 4 heteroatoms. The van der Waals surface area contributed by atoms with Gasteiger partial charge in [0.15, 0.2) is 0 Å². The minimum Gasteiger partial charge on any atom is -0.670 e. The number of hydrogen-bond acceptors (Lipinski definition) is 1. The van der Waals surface area contributed by atoms with Crippen LogP contribution >= 0.6 is 24.8 Å². The monoisotopic (exact) mass is 201 g/mol. The summed E-state index contributed by atoms with van der Waals surface area (Å²) in [6, 6.07) is 0. The van der Waals surface area contributed by atoms with E-state index in [9.17, 15) is 0 Å². The Morgan fingerprint density at radius 3 is 2.50 bits per heavy atom. The van der Waals surface area contributed by atoms with E-state index in [-0.39, 0.29) is 51.4 Å². The smallest absolute Gasteiger partial charge is 0.670 e. The van der Waals surface area contributed by atoms with Gasteiger partial charge in [-0.2, -0.15) is 12.6 Å². The van der Waals surface area contributed by atoms with E-state index in [2.05, 4.69) is 37.1 Å². The van der Waals surface area contributed by atoms with Crippen LogP contribution in [0.5, 0.6) is 0 Å². The van der Waals surface area contributed by atoms with Crippen LogP contribution in [0.4, 0.5) is 0 Å². The number of unbranched alkanes of at least 4 members (excludes halogenated alkanes) is 2. The van der Waals surface area contributed by atoms with Gasteiger partial charge < -0.3 is 5.32 Å². The van der Waals surface area contributed by atoms with E-state index in [0.29, 0.717) is 4.32 Å². The predicted molar refractivity (Wildman–Crippen MR) is 49.3 cm³/mol. The molecule has 0 fully saturated rings. The van der Waals surface area contributed by atoms with Crippen LogP contribution in [0.2, 0.25) is 0 Å². The van der Waals surface area contributed by atoms with Crippen molar-refractivity contribution in [2.75, 3.05) is 6.54 Å². The Morgan fingerprint density at radius 2 is 2.10 bits per heavy atom. The van der Waals surface area contributed by atoms with Crippen molar-refractivity contribution in [3.63, 3.8) is 0 Å². The summed E-state index contributed by atoms with van der Waals surface area (Å²) in [5.74, 6) is 0. The first-order valence-electron chi connectivity index (χ1n) is 3.17. The molecule has 0 aliphatic carbocycles. The van der Waals surface area contributed by atoms with Crippen molar-refractivity contribution >= 4 is 29.2 Å². The fourth-order valence-corrected chi connectivity index (χ4v) is 0.728. The van der Waals surface area contributed by atoms with Crippen LogP contribution in [0.3, 0.4) is 0 Å². The summed E-state index contributed by atoms with van der Waals surface area (Å²) >= 11 is 8.51. The molecule has 0 heterocycles. The molecule has 0 unspecified atom stereocenters. The molecule has 0 aromatic rings.